The van der Waals surface area contributed by atoms with Gasteiger partial charge in [-0.15, -0.1) is 0 Å². The molecule has 4 rings (SSSR count). The minimum atomic E-state index is -1.26. The van der Waals surface area contributed by atoms with Gasteiger partial charge in [-0.1, -0.05) is 92.7 Å². The summed E-state index contributed by atoms with van der Waals surface area (Å²) in [6.07, 6.45) is -1.41. The van der Waals surface area contributed by atoms with Gasteiger partial charge in [0.25, 0.3) is 0 Å². The van der Waals surface area contributed by atoms with Gasteiger partial charge in [-0.05, 0) is 47.6 Å². The summed E-state index contributed by atoms with van der Waals surface area (Å²) in [5.41, 5.74) is 5.39. The highest BCUT2D eigenvalue weighted by Crippen LogP contribution is 2.44. The molecule has 41 heavy (non-hydrogen) atoms. The lowest BCUT2D eigenvalue weighted by atomic mass is 9.88. The molecule has 0 saturated heterocycles. The average molecular weight is 559 g/mol. The Morgan fingerprint density at radius 2 is 1.37 bits per heavy atom. The van der Waals surface area contributed by atoms with Gasteiger partial charge in [0.15, 0.2) is 6.04 Å². The predicted octanol–water partition coefficient (Wildman–Crippen LogP) is 5.36. The van der Waals surface area contributed by atoms with Crippen molar-refractivity contribution in [2.24, 2.45) is 11.8 Å². The van der Waals surface area contributed by atoms with Gasteiger partial charge >= 0.3 is 12.1 Å². The second-order valence-corrected chi connectivity index (χ2v) is 10.9. The van der Waals surface area contributed by atoms with E-state index in [4.69, 9.17) is 9.47 Å². The van der Waals surface area contributed by atoms with E-state index in [-0.39, 0.29) is 25.0 Å². The summed E-state index contributed by atoms with van der Waals surface area (Å²) in [5, 5.41) is 15.2. The van der Waals surface area contributed by atoms with Gasteiger partial charge in [0, 0.05) is 12.0 Å². The molecule has 3 aromatic carbocycles. The number of hydrogen-bond acceptors (Lipinski definition) is 5. The van der Waals surface area contributed by atoms with Crippen LogP contribution in [-0.4, -0.2) is 47.9 Å². The molecule has 3 aromatic rings. The molecule has 0 heterocycles. The number of ether oxygens (including phenoxy) is 2. The molecule has 0 bridgehead atoms. The minimum absolute atomic E-state index is 0.0821. The first-order valence-corrected chi connectivity index (χ1v) is 14.0. The van der Waals surface area contributed by atoms with Crippen molar-refractivity contribution >= 4 is 18.0 Å². The predicted molar refractivity (Wildman–Crippen MR) is 156 cm³/mol. The number of alkyl carbamates (subject to hydrolysis) is 1. The van der Waals surface area contributed by atoms with Crippen LogP contribution in [0.1, 0.15) is 50.3 Å². The normalized spacial score (nSPS) is 15.2. The number of rotatable bonds is 12. The Morgan fingerprint density at radius 1 is 0.805 bits per heavy atom. The smallest absolute Gasteiger partial charge is 0.407 e. The lowest BCUT2D eigenvalue weighted by Gasteiger charge is -2.30. The number of hydrogen-bond donors (Lipinski definition) is 3. The Balaban J connectivity index is 1.35. The molecule has 1 aliphatic rings. The summed E-state index contributed by atoms with van der Waals surface area (Å²) in [7, 11) is 0. The summed E-state index contributed by atoms with van der Waals surface area (Å²) in [4.78, 5) is 38.2. The van der Waals surface area contributed by atoms with Gasteiger partial charge in [-0.2, -0.15) is 0 Å². The molecule has 3 N–H and O–H groups in total. The van der Waals surface area contributed by atoms with Crippen LogP contribution in [-0.2, 0) is 25.7 Å². The van der Waals surface area contributed by atoms with Gasteiger partial charge in [0.2, 0.25) is 5.91 Å². The first-order valence-electron chi connectivity index (χ1n) is 14.0. The maximum Gasteiger partial charge on any atom is 0.407 e. The van der Waals surface area contributed by atoms with Crippen molar-refractivity contribution in [2.45, 2.75) is 58.4 Å². The molecular weight excluding hydrogens is 520 g/mol. The third-order valence-corrected chi connectivity index (χ3v) is 7.64. The van der Waals surface area contributed by atoms with Crippen molar-refractivity contribution in [3.63, 3.8) is 0 Å². The van der Waals surface area contributed by atoms with E-state index < -0.39 is 42.1 Å². The highest BCUT2D eigenvalue weighted by atomic mass is 16.5. The second-order valence-electron chi connectivity index (χ2n) is 10.9. The highest BCUT2D eigenvalue weighted by Gasteiger charge is 2.35. The maximum absolute atomic E-state index is 13.3. The minimum Gasteiger partial charge on any atom is -0.480 e. The summed E-state index contributed by atoms with van der Waals surface area (Å²) in [6.45, 7) is 7.41. The fraction of sp³-hybridized carbons (Fsp3) is 0.364. The highest BCUT2D eigenvalue weighted by molar-refractivity contribution is 5.86. The van der Waals surface area contributed by atoms with E-state index in [1.165, 1.54) is 0 Å². The molecule has 0 aromatic heterocycles. The molecule has 4 unspecified atom stereocenters. The summed E-state index contributed by atoms with van der Waals surface area (Å²) < 4.78 is 11.4. The van der Waals surface area contributed by atoms with Crippen molar-refractivity contribution in [3.05, 3.63) is 95.6 Å². The molecule has 0 spiro atoms. The van der Waals surface area contributed by atoms with Crippen LogP contribution in [0.5, 0.6) is 0 Å². The Kier molecular flexibility index (Phi) is 9.78. The number of nitrogens with one attached hydrogen (secondary N) is 2. The van der Waals surface area contributed by atoms with E-state index in [1.807, 2.05) is 80.6 Å². The van der Waals surface area contributed by atoms with Crippen molar-refractivity contribution in [2.75, 3.05) is 6.61 Å². The van der Waals surface area contributed by atoms with E-state index in [0.717, 1.165) is 27.8 Å². The fourth-order valence-corrected chi connectivity index (χ4v) is 5.55. The molecule has 8 heteroatoms. The van der Waals surface area contributed by atoms with Gasteiger partial charge in [-0.25, -0.2) is 9.59 Å². The van der Waals surface area contributed by atoms with Crippen LogP contribution in [0.4, 0.5) is 4.79 Å². The third kappa shape index (κ3) is 7.13. The largest absolute Gasteiger partial charge is 0.480 e. The SMILES string of the molecule is CC(C)C(C(=O)NC(C(=O)O)C(C)OCc1ccccc1)C(C)NC(=O)OCC1c2ccccc2-c2ccccc21. The van der Waals surface area contributed by atoms with Gasteiger partial charge < -0.3 is 25.2 Å². The first-order chi connectivity index (χ1) is 19.7. The van der Waals surface area contributed by atoms with Crippen LogP contribution in [0.25, 0.3) is 11.1 Å². The zero-order chi connectivity index (χ0) is 29.5. The van der Waals surface area contributed by atoms with Crippen LogP contribution in [0.2, 0.25) is 0 Å². The molecule has 8 nitrogen and oxygen atoms in total. The molecule has 216 valence electrons. The molecule has 0 radical (unpaired) electrons. The standard InChI is InChI=1S/C33H38N2O6/c1-20(2)29(31(36)35-30(32(37)38)22(4)40-18-23-12-6-5-7-13-23)21(3)34-33(39)41-19-28-26-16-10-8-14-24(26)25-15-9-11-17-27(25)28/h5-17,20-22,28-30H,18-19H2,1-4H3,(H,34,39)(H,35,36)(H,37,38). The first kappa shape index (κ1) is 29.8. The number of carboxylic acid groups (broad SMARTS) is 1. The molecule has 1 aliphatic carbocycles. The number of fused-ring (bicyclic) bond motifs is 3. The quantitative estimate of drug-likeness (QED) is 0.276. The summed E-state index contributed by atoms with van der Waals surface area (Å²) in [6, 6.07) is 23.7. The third-order valence-electron chi connectivity index (χ3n) is 7.64. The van der Waals surface area contributed by atoms with Crippen LogP contribution in [0.15, 0.2) is 78.9 Å². The van der Waals surface area contributed by atoms with Gasteiger partial charge in [0.05, 0.1) is 18.6 Å². The van der Waals surface area contributed by atoms with Crippen LogP contribution >= 0.6 is 0 Å². The maximum atomic E-state index is 13.3. The summed E-state index contributed by atoms with van der Waals surface area (Å²) >= 11 is 0. The molecular formula is C33H38N2O6. The molecule has 2 amide bonds. The second kappa shape index (κ2) is 13.5. The van der Waals surface area contributed by atoms with Crippen LogP contribution in [0, 0.1) is 11.8 Å². The Hall–Kier alpha value is -4.17. The number of carbonyl (C=O) groups is 3. The summed E-state index contributed by atoms with van der Waals surface area (Å²) in [5.74, 6) is -2.64. The van der Waals surface area contributed by atoms with Crippen molar-refractivity contribution < 1.29 is 29.0 Å². The van der Waals surface area contributed by atoms with E-state index in [1.54, 1.807) is 13.8 Å². The van der Waals surface area contributed by atoms with E-state index in [0.29, 0.717) is 0 Å². The average Bonchev–Trinajstić information content (AvgIpc) is 3.27. The topological polar surface area (TPSA) is 114 Å². The number of benzene rings is 3. The van der Waals surface area contributed by atoms with Gasteiger partial charge in [-0.3, -0.25) is 4.79 Å². The van der Waals surface area contributed by atoms with Crippen LogP contribution in [0.3, 0.4) is 0 Å². The number of amides is 2. The Bertz CT molecular complexity index is 1310. The fourth-order valence-electron chi connectivity index (χ4n) is 5.55. The number of carbonyl (C=O) groups excluding carboxylic acids is 2. The molecule has 4 atom stereocenters. The molecule has 0 fully saturated rings. The van der Waals surface area contributed by atoms with E-state index in [9.17, 15) is 19.5 Å². The zero-order valence-corrected chi connectivity index (χ0v) is 23.9. The van der Waals surface area contributed by atoms with Crippen molar-refractivity contribution in [1.82, 2.24) is 10.6 Å². The number of aliphatic carboxylic acids is 1. The van der Waals surface area contributed by atoms with E-state index in [2.05, 4.69) is 22.8 Å². The monoisotopic (exact) mass is 558 g/mol. The Morgan fingerprint density at radius 3 is 1.93 bits per heavy atom. The van der Waals surface area contributed by atoms with Gasteiger partial charge in [0.1, 0.15) is 6.61 Å². The lowest BCUT2D eigenvalue weighted by Crippen LogP contribution is -2.54. The van der Waals surface area contributed by atoms with Crippen molar-refractivity contribution in [3.8, 4) is 11.1 Å². The molecule has 0 saturated carbocycles. The van der Waals surface area contributed by atoms with E-state index >= 15 is 0 Å². The zero-order valence-electron chi connectivity index (χ0n) is 23.9. The van der Waals surface area contributed by atoms with Crippen molar-refractivity contribution in [1.29, 1.82) is 0 Å². The van der Waals surface area contributed by atoms with Crippen LogP contribution < -0.4 is 10.6 Å². The Labute approximate surface area is 241 Å². The number of carboxylic acids is 1. The molecule has 0 aliphatic heterocycles. The lowest BCUT2D eigenvalue weighted by molar-refractivity contribution is -0.147.